The minimum Gasteiger partial charge on any atom is -0.463 e. The summed E-state index contributed by atoms with van der Waals surface area (Å²) >= 11 is 0. The van der Waals surface area contributed by atoms with Gasteiger partial charge in [-0.2, -0.15) is 0 Å². The number of rotatable bonds is 6. The summed E-state index contributed by atoms with van der Waals surface area (Å²) in [6, 6.07) is 3.71. The summed E-state index contributed by atoms with van der Waals surface area (Å²) in [5.74, 6) is 2.14. The number of aliphatic hydroxyl groups is 1. The molecule has 3 nitrogen and oxygen atoms in total. The summed E-state index contributed by atoms with van der Waals surface area (Å²) in [4.78, 5) is 0. The average Bonchev–Trinajstić information content (AvgIpc) is 2.60. The van der Waals surface area contributed by atoms with Gasteiger partial charge >= 0.3 is 0 Å². The van der Waals surface area contributed by atoms with E-state index in [2.05, 4.69) is 19.2 Å². The van der Waals surface area contributed by atoms with Crippen LogP contribution in [0.5, 0.6) is 0 Å². The molecule has 0 amide bonds. The first kappa shape index (κ1) is 13.3. The Hall–Kier alpha value is -0.800. The van der Waals surface area contributed by atoms with Gasteiger partial charge in [-0.25, -0.2) is 0 Å². The molecule has 0 aliphatic carbocycles. The molecule has 2 N–H and O–H groups in total. The fourth-order valence-corrected chi connectivity index (χ4v) is 1.53. The van der Waals surface area contributed by atoms with E-state index in [1.165, 1.54) is 0 Å². The maximum Gasteiger partial charge on any atom is 0.136 e. The molecule has 0 aliphatic heterocycles. The third-order valence-corrected chi connectivity index (χ3v) is 2.64. The number of hydrogen-bond donors (Lipinski definition) is 2. The standard InChI is InChI=1S/C13H23NO2/c1-10(2)7-8-14-9-13(4,15)12-6-5-11(3)16-12/h5-6,10,14-15H,7-9H2,1-4H3/t13-/m1/s1. The van der Waals surface area contributed by atoms with Crippen LogP contribution in [0.3, 0.4) is 0 Å². The Morgan fingerprint density at radius 2 is 2.12 bits per heavy atom. The molecule has 1 atom stereocenters. The zero-order valence-corrected chi connectivity index (χ0v) is 10.7. The van der Waals surface area contributed by atoms with Gasteiger partial charge in [-0.05, 0) is 44.9 Å². The molecule has 0 unspecified atom stereocenters. The van der Waals surface area contributed by atoms with Crippen LogP contribution < -0.4 is 5.32 Å². The second-order valence-electron chi connectivity index (χ2n) is 5.04. The molecule has 0 saturated heterocycles. The SMILES string of the molecule is Cc1ccc([C@](C)(O)CNCCC(C)C)o1. The van der Waals surface area contributed by atoms with E-state index in [0.29, 0.717) is 18.2 Å². The summed E-state index contributed by atoms with van der Waals surface area (Å²) in [6.45, 7) is 9.48. The number of furan rings is 1. The summed E-state index contributed by atoms with van der Waals surface area (Å²) in [6.07, 6.45) is 1.12. The van der Waals surface area contributed by atoms with Gasteiger partial charge in [0.25, 0.3) is 0 Å². The summed E-state index contributed by atoms with van der Waals surface area (Å²) < 4.78 is 5.44. The molecular formula is C13H23NO2. The van der Waals surface area contributed by atoms with Crippen molar-refractivity contribution in [2.45, 2.75) is 39.7 Å². The lowest BCUT2D eigenvalue weighted by Crippen LogP contribution is -2.35. The van der Waals surface area contributed by atoms with Gasteiger partial charge in [0.15, 0.2) is 0 Å². The Bertz CT molecular complexity index is 315. The van der Waals surface area contributed by atoms with E-state index in [9.17, 15) is 5.11 Å². The molecule has 3 heteroatoms. The van der Waals surface area contributed by atoms with Crippen LogP contribution in [0.1, 0.15) is 38.7 Å². The van der Waals surface area contributed by atoms with Gasteiger partial charge in [0.05, 0.1) is 0 Å². The zero-order chi connectivity index (χ0) is 12.2. The van der Waals surface area contributed by atoms with Crippen LogP contribution in [0.15, 0.2) is 16.5 Å². The second kappa shape index (κ2) is 5.51. The van der Waals surface area contributed by atoms with Gasteiger partial charge in [0.2, 0.25) is 0 Å². The normalized spacial score (nSPS) is 15.4. The van der Waals surface area contributed by atoms with E-state index in [1.807, 2.05) is 19.1 Å². The number of aryl methyl sites for hydroxylation is 1. The van der Waals surface area contributed by atoms with Crippen LogP contribution in [0.25, 0.3) is 0 Å². The molecule has 0 spiro atoms. The van der Waals surface area contributed by atoms with Gasteiger partial charge in [-0.3, -0.25) is 0 Å². The first-order chi connectivity index (χ1) is 7.42. The Morgan fingerprint density at radius 1 is 1.44 bits per heavy atom. The van der Waals surface area contributed by atoms with E-state index < -0.39 is 5.60 Å². The highest BCUT2D eigenvalue weighted by Crippen LogP contribution is 2.21. The van der Waals surface area contributed by atoms with Crippen molar-refractivity contribution in [1.82, 2.24) is 5.32 Å². The highest BCUT2D eigenvalue weighted by molar-refractivity contribution is 5.12. The zero-order valence-electron chi connectivity index (χ0n) is 10.7. The molecule has 1 rings (SSSR count). The molecule has 0 saturated carbocycles. The number of hydrogen-bond acceptors (Lipinski definition) is 3. The van der Waals surface area contributed by atoms with Gasteiger partial charge in [0.1, 0.15) is 17.1 Å². The molecule has 1 aromatic rings. The van der Waals surface area contributed by atoms with Crippen LogP contribution in [0.4, 0.5) is 0 Å². The van der Waals surface area contributed by atoms with Gasteiger partial charge in [-0.15, -0.1) is 0 Å². The highest BCUT2D eigenvalue weighted by atomic mass is 16.4. The van der Waals surface area contributed by atoms with Crippen LogP contribution in [0.2, 0.25) is 0 Å². The molecule has 0 fully saturated rings. The lowest BCUT2D eigenvalue weighted by atomic mass is 10.0. The van der Waals surface area contributed by atoms with E-state index in [1.54, 1.807) is 6.92 Å². The topological polar surface area (TPSA) is 45.4 Å². The van der Waals surface area contributed by atoms with Crippen LogP contribution in [-0.4, -0.2) is 18.2 Å². The second-order valence-corrected chi connectivity index (χ2v) is 5.04. The summed E-state index contributed by atoms with van der Waals surface area (Å²) in [7, 11) is 0. The fraction of sp³-hybridized carbons (Fsp3) is 0.692. The largest absolute Gasteiger partial charge is 0.463 e. The number of nitrogens with one attached hydrogen (secondary N) is 1. The summed E-state index contributed by atoms with van der Waals surface area (Å²) in [5.41, 5.74) is -0.925. The molecule has 1 heterocycles. The van der Waals surface area contributed by atoms with Crippen LogP contribution >= 0.6 is 0 Å². The maximum atomic E-state index is 10.2. The van der Waals surface area contributed by atoms with E-state index in [4.69, 9.17) is 4.42 Å². The van der Waals surface area contributed by atoms with Crippen molar-refractivity contribution >= 4 is 0 Å². The van der Waals surface area contributed by atoms with E-state index in [0.717, 1.165) is 18.7 Å². The van der Waals surface area contributed by atoms with Crippen molar-refractivity contribution in [2.24, 2.45) is 5.92 Å². The lowest BCUT2D eigenvalue weighted by Gasteiger charge is -2.21. The van der Waals surface area contributed by atoms with Crippen LogP contribution in [-0.2, 0) is 5.60 Å². The maximum absolute atomic E-state index is 10.2. The quantitative estimate of drug-likeness (QED) is 0.731. The minimum atomic E-state index is -0.925. The summed E-state index contributed by atoms with van der Waals surface area (Å²) in [5, 5.41) is 13.5. The Morgan fingerprint density at radius 3 is 2.62 bits per heavy atom. The lowest BCUT2D eigenvalue weighted by molar-refractivity contribution is 0.0335. The predicted octanol–water partition coefficient (Wildman–Crippen LogP) is 2.43. The predicted molar refractivity (Wildman–Crippen MR) is 65.3 cm³/mol. The highest BCUT2D eigenvalue weighted by Gasteiger charge is 2.25. The Balaban J connectivity index is 2.40. The van der Waals surface area contributed by atoms with E-state index in [-0.39, 0.29) is 0 Å². The Labute approximate surface area is 97.9 Å². The van der Waals surface area contributed by atoms with Gasteiger partial charge in [0, 0.05) is 6.54 Å². The molecule has 0 bridgehead atoms. The Kier molecular flexibility index (Phi) is 4.56. The average molecular weight is 225 g/mol. The van der Waals surface area contributed by atoms with Crippen molar-refractivity contribution in [1.29, 1.82) is 0 Å². The fourth-order valence-electron chi connectivity index (χ4n) is 1.53. The third-order valence-electron chi connectivity index (χ3n) is 2.64. The molecule has 1 aromatic heterocycles. The first-order valence-electron chi connectivity index (χ1n) is 5.92. The van der Waals surface area contributed by atoms with Crippen molar-refractivity contribution < 1.29 is 9.52 Å². The van der Waals surface area contributed by atoms with Crippen molar-refractivity contribution in [3.8, 4) is 0 Å². The van der Waals surface area contributed by atoms with Gasteiger partial charge in [-0.1, -0.05) is 13.8 Å². The molecule has 16 heavy (non-hydrogen) atoms. The smallest absolute Gasteiger partial charge is 0.136 e. The molecule has 0 radical (unpaired) electrons. The van der Waals surface area contributed by atoms with Gasteiger partial charge < -0.3 is 14.8 Å². The molecule has 92 valence electrons. The first-order valence-corrected chi connectivity index (χ1v) is 5.92. The van der Waals surface area contributed by atoms with Crippen LogP contribution in [0, 0.1) is 12.8 Å². The monoisotopic (exact) mass is 225 g/mol. The minimum absolute atomic E-state index is 0.521. The van der Waals surface area contributed by atoms with Crippen molar-refractivity contribution in [3.63, 3.8) is 0 Å². The van der Waals surface area contributed by atoms with E-state index >= 15 is 0 Å². The molecule has 0 aliphatic rings. The van der Waals surface area contributed by atoms with Crippen molar-refractivity contribution in [2.75, 3.05) is 13.1 Å². The van der Waals surface area contributed by atoms with Crippen molar-refractivity contribution in [3.05, 3.63) is 23.7 Å². The molecular weight excluding hydrogens is 202 g/mol. The molecule has 0 aromatic carbocycles. The third kappa shape index (κ3) is 3.99.